The van der Waals surface area contributed by atoms with Gasteiger partial charge in [-0.1, -0.05) is 18.2 Å². The molecule has 2 heterocycles. The predicted octanol–water partition coefficient (Wildman–Crippen LogP) is 2.38. The van der Waals surface area contributed by atoms with Gasteiger partial charge in [-0.2, -0.15) is 5.10 Å². The highest BCUT2D eigenvalue weighted by atomic mass is 32.2. The Hall–Kier alpha value is -2.01. The molecule has 3 rings (SSSR count). The molecule has 22 heavy (non-hydrogen) atoms. The highest BCUT2D eigenvalue weighted by Gasteiger charge is 2.21. The zero-order chi connectivity index (χ0) is 15.2. The molecule has 1 aliphatic rings. The van der Waals surface area contributed by atoms with Gasteiger partial charge < -0.3 is 0 Å². The van der Waals surface area contributed by atoms with E-state index in [4.69, 9.17) is 0 Å². The Labute approximate surface area is 135 Å². The first-order valence-electron chi connectivity index (χ1n) is 7.50. The van der Waals surface area contributed by atoms with E-state index in [1.165, 1.54) is 10.7 Å². The fourth-order valence-corrected chi connectivity index (χ4v) is 2.88. The normalized spacial score (nSPS) is 15.5. The Morgan fingerprint density at radius 1 is 1.05 bits per heavy atom. The van der Waals surface area contributed by atoms with Crippen LogP contribution < -0.4 is 9.88 Å². The van der Waals surface area contributed by atoms with E-state index in [9.17, 15) is 0 Å². The van der Waals surface area contributed by atoms with E-state index in [0.717, 1.165) is 31.7 Å². The van der Waals surface area contributed by atoms with Crippen LogP contribution in [-0.4, -0.2) is 43.7 Å². The van der Waals surface area contributed by atoms with Gasteiger partial charge in [0.05, 0.1) is 25.5 Å². The Bertz CT molecular complexity index is 604. The van der Waals surface area contributed by atoms with Gasteiger partial charge in [-0.3, -0.25) is 9.91 Å². The number of rotatable bonds is 4. The number of aromatic amines is 1. The predicted molar refractivity (Wildman–Crippen MR) is 92.6 cm³/mol. The summed E-state index contributed by atoms with van der Waals surface area (Å²) in [5.74, 6) is 1.18. The van der Waals surface area contributed by atoms with Crippen molar-refractivity contribution in [2.24, 2.45) is 5.10 Å². The van der Waals surface area contributed by atoms with Crippen LogP contribution in [-0.2, 0) is 0 Å². The average molecular weight is 313 g/mol. The van der Waals surface area contributed by atoms with Crippen molar-refractivity contribution in [1.82, 2.24) is 5.01 Å². The van der Waals surface area contributed by atoms with Gasteiger partial charge in [-0.25, -0.2) is 4.98 Å². The maximum atomic E-state index is 4.60. The number of benzene rings is 1. The number of pyridine rings is 1. The summed E-state index contributed by atoms with van der Waals surface area (Å²) in [4.78, 5) is 6.93. The molecule has 0 unspecified atom stereocenters. The van der Waals surface area contributed by atoms with Crippen LogP contribution in [0.1, 0.15) is 5.56 Å². The van der Waals surface area contributed by atoms with E-state index in [-0.39, 0.29) is 0 Å². The molecule has 0 atom stereocenters. The molecule has 1 aromatic heterocycles. The molecular formula is C17H21N4S+. The van der Waals surface area contributed by atoms with Crippen LogP contribution >= 0.6 is 11.8 Å². The molecule has 0 aliphatic carbocycles. The SMILES string of the molecule is CSc1ccc(/C=N/N2CCN(c3cccc[nH+]3)CC2)cc1. The number of hydrazone groups is 1. The number of aromatic nitrogens is 1. The molecule has 1 aromatic carbocycles. The summed E-state index contributed by atoms with van der Waals surface area (Å²) in [7, 11) is 0. The number of thioether (sulfide) groups is 1. The number of hydrogen-bond acceptors (Lipinski definition) is 4. The maximum Gasteiger partial charge on any atom is 0.274 e. The minimum Gasteiger partial charge on any atom is -0.289 e. The summed E-state index contributed by atoms with van der Waals surface area (Å²) in [6.45, 7) is 3.87. The van der Waals surface area contributed by atoms with Gasteiger partial charge in [0.2, 0.25) is 0 Å². The van der Waals surface area contributed by atoms with Crippen molar-refractivity contribution < 1.29 is 4.98 Å². The second-order valence-corrected chi connectivity index (χ2v) is 6.09. The molecule has 2 aromatic rings. The summed E-state index contributed by atoms with van der Waals surface area (Å²) in [5.41, 5.74) is 1.15. The van der Waals surface area contributed by atoms with Crippen molar-refractivity contribution >= 4 is 23.8 Å². The van der Waals surface area contributed by atoms with Gasteiger partial charge in [-0.15, -0.1) is 11.8 Å². The second kappa shape index (κ2) is 7.31. The van der Waals surface area contributed by atoms with E-state index in [2.05, 4.69) is 62.6 Å². The fourth-order valence-electron chi connectivity index (χ4n) is 2.47. The zero-order valence-corrected chi connectivity index (χ0v) is 13.6. The lowest BCUT2D eigenvalue weighted by Gasteiger charge is -2.28. The lowest BCUT2D eigenvalue weighted by atomic mass is 10.2. The van der Waals surface area contributed by atoms with Crippen LogP contribution in [0.4, 0.5) is 5.82 Å². The van der Waals surface area contributed by atoms with Crippen LogP contribution in [0, 0.1) is 0 Å². The van der Waals surface area contributed by atoms with E-state index < -0.39 is 0 Å². The standard InChI is InChI=1S/C17H20N4S/c1-22-16-7-5-15(6-8-16)14-19-21-12-10-20(11-13-21)17-4-2-3-9-18-17/h2-9,14H,10-13H2,1H3/p+1/b19-14+. The number of hydrogen-bond donors (Lipinski definition) is 0. The molecule has 1 aliphatic heterocycles. The highest BCUT2D eigenvalue weighted by Crippen LogP contribution is 2.14. The first-order chi connectivity index (χ1) is 10.8. The van der Waals surface area contributed by atoms with Gasteiger partial charge in [0.15, 0.2) is 0 Å². The monoisotopic (exact) mass is 313 g/mol. The number of anilines is 1. The Morgan fingerprint density at radius 2 is 1.82 bits per heavy atom. The van der Waals surface area contributed by atoms with Gasteiger partial charge in [0, 0.05) is 11.0 Å². The zero-order valence-electron chi connectivity index (χ0n) is 12.8. The molecule has 114 valence electrons. The molecular weight excluding hydrogens is 292 g/mol. The smallest absolute Gasteiger partial charge is 0.274 e. The first-order valence-corrected chi connectivity index (χ1v) is 8.72. The third-order valence-electron chi connectivity index (χ3n) is 3.78. The number of H-pyrrole nitrogens is 1. The average Bonchev–Trinajstić information content (AvgIpc) is 2.61. The molecule has 0 amide bonds. The molecule has 0 radical (unpaired) electrons. The molecule has 5 heteroatoms. The third-order valence-corrected chi connectivity index (χ3v) is 4.52. The van der Waals surface area contributed by atoms with Crippen LogP contribution in [0.25, 0.3) is 0 Å². The molecule has 0 bridgehead atoms. The largest absolute Gasteiger partial charge is 0.289 e. The van der Waals surface area contributed by atoms with Crippen LogP contribution in [0.15, 0.2) is 58.7 Å². The summed E-state index contributed by atoms with van der Waals surface area (Å²) in [6, 6.07) is 14.7. The summed E-state index contributed by atoms with van der Waals surface area (Å²) in [6.07, 6.45) is 6.01. The van der Waals surface area contributed by atoms with E-state index >= 15 is 0 Å². The molecule has 1 fully saturated rings. The molecule has 1 N–H and O–H groups in total. The van der Waals surface area contributed by atoms with E-state index in [1.54, 1.807) is 11.8 Å². The van der Waals surface area contributed by atoms with Crippen LogP contribution in [0.2, 0.25) is 0 Å². The Morgan fingerprint density at radius 3 is 2.45 bits per heavy atom. The number of nitrogens with zero attached hydrogens (tertiary/aromatic N) is 3. The van der Waals surface area contributed by atoms with Gasteiger partial charge in [-0.05, 0) is 30.0 Å². The van der Waals surface area contributed by atoms with Crippen molar-refractivity contribution in [2.75, 3.05) is 37.3 Å². The van der Waals surface area contributed by atoms with Crippen LogP contribution in [0.3, 0.4) is 0 Å². The second-order valence-electron chi connectivity index (χ2n) is 5.21. The lowest BCUT2D eigenvalue weighted by Crippen LogP contribution is -2.45. The minimum atomic E-state index is 0.947. The molecule has 1 saturated heterocycles. The number of nitrogens with one attached hydrogen (secondary N) is 1. The fraction of sp³-hybridized carbons (Fsp3) is 0.294. The summed E-state index contributed by atoms with van der Waals surface area (Å²) in [5, 5.41) is 6.74. The maximum absolute atomic E-state index is 4.60. The quantitative estimate of drug-likeness (QED) is 0.642. The summed E-state index contributed by atoms with van der Waals surface area (Å²) >= 11 is 1.76. The van der Waals surface area contributed by atoms with Crippen molar-refractivity contribution in [2.45, 2.75) is 4.90 Å². The van der Waals surface area contributed by atoms with Gasteiger partial charge >= 0.3 is 0 Å². The minimum absolute atomic E-state index is 0.947. The van der Waals surface area contributed by atoms with Crippen molar-refractivity contribution in [3.63, 3.8) is 0 Å². The molecule has 0 saturated carbocycles. The first kappa shape index (κ1) is 14.9. The number of piperazine rings is 1. The Balaban J connectivity index is 1.54. The van der Waals surface area contributed by atoms with Crippen molar-refractivity contribution in [3.8, 4) is 0 Å². The van der Waals surface area contributed by atoms with E-state index in [0.29, 0.717) is 0 Å². The topological polar surface area (TPSA) is 33.0 Å². The molecule has 0 spiro atoms. The van der Waals surface area contributed by atoms with Crippen molar-refractivity contribution in [1.29, 1.82) is 0 Å². The summed E-state index contributed by atoms with van der Waals surface area (Å²) < 4.78 is 0. The Kier molecular flexibility index (Phi) is 4.96. The third kappa shape index (κ3) is 3.80. The highest BCUT2D eigenvalue weighted by molar-refractivity contribution is 7.98. The van der Waals surface area contributed by atoms with E-state index in [1.807, 2.05) is 18.5 Å². The van der Waals surface area contributed by atoms with Gasteiger partial charge in [0.25, 0.3) is 5.82 Å². The molecule has 4 nitrogen and oxygen atoms in total. The van der Waals surface area contributed by atoms with Gasteiger partial charge in [0.1, 0.15) is 13.1 Å². The van der Waals surface area contributed by atoms with Crippen LogP contribution in [0.5, 0.6) is 0 Å². The van der Waals surface area contributed by atoms with Crippen molar-refractivity contribution in [3.05, 3.63) is 54.2 Å². The lowest BCUT2D eigenvalue weighted by molar-refractivity contribution is -0.364.